The first kappa shape index (κ1) is 30.8. The minimum absolute atomic E-state index is 0.0115. The van der Waals surface area contributed by atoms with Gasteiger partial charge >= 0.3 is 5.97 Å². The highest BCUT2D eigenvalue weighted by Crippen LogP contribution is 2.22. The maximum Gasteiger partial charge on any atom is 0.306 e. The predicted octanol–water partition coefficient (Wildman–Crippen LogP) is 2.52. The van der Waals surface area contributed by atoms with Crippen molar-refractivity contribution < 1.29 is 28.7 Å². The van der Waals surface area contributed by atoms with Gasteiger partial charge in [-0.3, -0.25) is 19.2 Å². The van der Waals surface area contributed by atoms with E-state index in [-0.39, 0.29) is 42.7 Å². The number of Topliss-reactive ketones (excluding diaryl/α,β-unsaturated/α-hetero) is 1. The van der Waals surface area contributed by atoms with Crippen LogP contribution < -0.4 is 15.4 Å². The van der Waals surface area contributed by atoms with E-state index >= 15 is 0 Å². The average molecular weight is 556 g/mol. The Morgan fingerprint density at radius 1 is 1.02 bits per heavy atom. The Hall–Kier alpha value is -3.73. The molecule has 1 saturated heterocycles. The Labute approximate surface area is 235 Å². The molecule has 0 spiro atoms. The lowest BCUT2D eigenvalue weighted by Gasteiger charge is -2.31. The van der Waals surface area contributed by atoms with Crippen molar-refractivity contribution in [2.24, 2.45) is 5.41 Å². The number of nitrogens with one attached hydrogen (secondary N) is 2. The summed E-state index contributed by atoms with van der Waals surface area (Å²) in [6.45, 7) is 12.8. The fourth-order valence-electron chi connectivity index (χ4n) is 3.94. The summed E-state index contributed by atoms with van der Waals surface area (Å²) in [4.78, 5) is 53.3. The van der Waals surface area contributed by atoms with Crippen LogP contribution in [0, 0.1) is 5.41 Å². The number of rotatable bonds is 10. The topological polar surface area (TPSA) is 132 Å². The van der Waals surface area contributed by atoms with Crippen LogP contribution in [0.3, 0.4) is 0 Å². The van der Waals surface area contributed by atoms with Gasteiger partial charge in [0.05, 0.1) is 5.69 Å². The minimum atomic E-state index is -0.952. The molecule has 11 nitrogen and oxygen atoms in total. The van der Waals surface area contributed by atoms with Gasteiger partial charge in [-0.15, -0.1) is 0 Å². The summed E-state index contributed by atoms with van der Waals surface area (Å²) in [5.41, 5.74) is -0.604. The lowest BCUT2D eigenvalue weighted by Crippen LogP contribution is -2.54. The number of para-hydroxylation sites is 1. The molecule has 3 rings (SSSR count). The predicted molar refractivity (Wildman–Crippen MR) is 149 cm³/mol. The van der Waals surface area contributed by atoms with Crippen molar-refractivity contribution in [2.75, 3.05) is 32.8 Å². The van der Waals surface area contributed by atoms with Crippen LogP contribution >= 0.6 is 0 Å². The van der Waals surface area contributed by atoms with Crippen LogP contribution in [-0.4, -0.2) is 82.7 Å². The van der Waals surface area contributed by atoms with Crippen LogP contribution in [0.5, 0.6) is 5.88 Å². The number of benzene rings is 1. The zero-order valence-electron chi connectivity index (χ0n) is 24.3. The molecule has 0 radical (unpaired) electrons. The van der Waals surface area contributed by atoms with Gasteiger partial charge in [-0.25, -0.2) is 4.68 Å². The van der Waals surface area contributed by atoms with E-state index in [0.717, 1.165) is 0 Å². The van der Waals surface area contributed by atoms with Gasteiger partial charge in [-0.2, -0.15) is 5.10 Å². The molecular formula is C29H41N5O6. The van der Waals surface area contributed by atoms with Gasteiger partial charge in [0.1, 0.15) is 18.2 Å². The number of nitrogens with zero attached hydrogens (tertiary/aromatic N) is 3. The normalized spacial score (nSPS) is 14.8. The summed E-state index contributed by atoms with van der Waals surface area (Å²) in [5, 5.41) is 10.4. The highest BCUT2D eigenvalue weighted by Gasteiger charge is 2.30. The molecule has 2 heterocycles. The minimum Gasteiger partial charge on any atom is -0.470 e. The van der Waals surface area contributed by atoms with E-state index in [9.17, 15) is 19.2 Å². The van der Waals surface area contributed by atoms with Crippen LogP contribution in [0.25, 0.3) is 5.69 Å². The Morgan fingerprint density at radius 3 is 2.27 bits per heavy atom. The summed E-state index contributed by atoms with van der Waals surface area (Å²) in [5.74, 6) is -1.21. The maximum atomic E-state index is 13.4. The molecule has 40 heavy (non-hydrogen) atoms. The molecule has 0 aliphatic carbocycles. The van der Waals surface area contributed by atoms with Crippen molar-refractivity contribution in [1.82, 2.24) is 25.3 Å². The number of aromatic nitrogens is 2. The van der Waals surface area contributed by atoms with Crippen LogP contribution in [0.15, 0.2) is 36.4 Å². The molecule has 1 aromatic carbocycles. The van der Waals surface area contributed by atoms with E-state index in [4.69, 9.17) is 9.47 Å². The van der Waals surface area contributed by atoms with Crippen molar-refractivity contribution in [3.05, 3.63) is 42.1 Å². The van der Waals surface area contributed by atoms with Gasteiger partial charge in [-0.1, -0.05) is 39.0 Å². The summed E-state index contributed by atoms with van der Waals surface area (Å²) in [6, 6.07) is 9.57. The lowest BCUT2D eigenvalue weighted by atomic mass is 9.91. The molecule has 1 aliphatic rings. The molecule has 2 amide bonds. The molecule has 1 atom stereocenters. The van der Waals surface area contributed by atoms with Crippen molar-refractivity contribution in [2.45, 2.75) is 66.0 Å². The van der Waals surface area contributed by atoms with E-state index in [1.165, 1.54) is 10.7 Å². The fraction of sp³-hybridized carbons (Fsp3) is 0.552. The average Bonchev–Trinajstić information content (AvgIpc) is 3.33. The second kappa shape index (κ2) is 13.1. The molecule has 1 aromatic heterocycles. The molecule has 0 bridgehead atoms. The number of piperazine rings is 1. The fourth-order valence-corrected chi connectivity index (χ4v) is 3.94. The summed E-state index contributed by atoms with van der Waals surface area (Å²) >= 11 is 0. The molecule has 2 N–H and O–H groups in total. The summed E-state index contributed by atoms with van der Waals surface area (Å²) < 4.78 is 12.6. The summed E-state index contributed by atoms with van der Waals surface area (Å²) in [6.07, 6.45) is 0.0357. The number of ketones is 1. The molecule has 0 unspecified atom stereocenters. The third kappa shape index (κ3) is 8.90. The second-order valence-corrected chi connectivity index (χ2v) is 11.8. The number of hydrogen-bond acceptors (Lipinski definition) is 8. The van der Waals surface area contributed by atoms with Crippen molar-refractivity contribution in [3.63, 3.8) is 0 Å². The highest BCUT2D eigenvalue weighted by molar-refractivity contribution is 5.96. The third-order valence-corrected chi connectivity index (χ3v) is 6.19. The highest BCUT2D eigenvalue weighted by atomic mass is 16.6. The first-order chi connectivity index (χ1) is 18.7. The Bertz CT molecular complexity index is 1190. The number of hydrogen-bond donors (Lipinski definition) is 2. The largest absolute Gasteiger partial charge is 0.470 e. The zero-order chi connectivity index (χ0) is 29.5. The SMILES string of the molecule is CC(C)(C)OC(=O)CC[C@H](NC(=O)c1cc(OCC(=O)C(C)(C)C)n(-c2ccccc2)n1)C(=O)N1CCNCC1. The Balaban J connectivity index is 1.83. The van der Waals surface area contributed by atoms with Gasteiger partial charge < -0.3 is 25.0 Å². The van der Waals surface area contributed by atoms with Crippen molar-refractivity contribution in [1.29, 1.82) is 0 Å². The van der Waals surface area contributed by atoms with E-state index in [1.54, 1.807) is 58.6 Å². The van der Waals surface area contributed by atoms with Gasteiger partial charge in [0.2, 0.25) is 11.8 Å². The molecule has 0 saturated carbocycles. The van der Waals surface area contributed by atoms with Gasteiger partial charge in [-0.05, 0) is 39.3 Å². The van der Waals surface area contributed by atoms with Crippen LogP contribution in [0.4, 0.5) is 0 Å². The van der Waals surface area contributed by atoms with Crippen molar-refractivity contribution >= 4 is 23.6 Å². The molecule has 2 aromatic rings. The molecule has 1 aliphatic heterocycles. The van der Waals surface area contributed by atoms with Gasteiger partial charge in [0.25, 0.3) is 5.91 Å². The van der Waals surface area contributed by atoms with E-state index in [1.807, 2.05) is 18.2 Å². The van der Waals surface area contributed by atoms with E-state index in [0.29, 0.717) is 31.9 Å². The van der Waals surface area contributed by atoms with E-state index in [2.05, 4.69) is 15.7 Å². The molecule has 218 valence electrons. The standard InChI is InChI=1S/C29H41N5O6/c1-28(2,3)23(35)19-39-24-18-22(32-34(24)20-10-8-7-9-11-20)26(37)31-21(12-13-25(36)40-29(4,5)6)27(38)33-16-14-30-15-17-33/h7-11,18,21,30H,12-17,19H2,1-6H3,(H,31,37)/t21-/m0/s1. The smallest absolute Gasteiger partial charge is 0.306 e. The van der Waals surface area contributed by atoms with Crippen LogP contribution in [-0.2, 0) is 19.1 Å². The quantitative estimate of drug-likeness (QED) is 0.428. The van der Waals surface area contributed by atoms with Crippen LogP contribution in [0.1, 0.15) is 64.9 Å². The Kier molecular flexibility index (Phi) is 10.1. The molecular weight excluding hydrogens is 514 g/mol. The van der Waals surface area contributed by atoms with Crippen molar-refractivity contribution in [3.8, 4) is 11.6 Å². The van der Waals surface area contributed by atoms with Gasteiger partial charge in [0.15, 0.2) is 11.5 Å². The van der Waals surface area contributed by atoms with Gasteiger partial charge in [0, 0.05) is 44.1 Å². The Morgan fingerprint density at radius 2 is 1.68 bits per heavy atom. The first-order valence-corrected chi connectivity index (χ1v) is 13.6. The summed E-state index contributed by atoms with van der Waals surface area (Å²) in [7, 11) is 0. The monoisotopic (exact) mass is 555 g/mol. The van der Waals surface area contributed by atoms with Crippen LogP contribution in [0.2, 0.25) is 0 Å². The number of ether oxygens (including phenoxy) is 2. The number of esters is 1. The molecule has 11 heteroatoms. The first-order valence-electron chi connectivity index (χ1n) is 13.6. The zero-order valence-corrected chi connectivity index (χ0v) is 24.3. The number of carbonyl (C=O) groups excluding carboxylic acids is 4. The maximum absolute atomic E-state index is 13.4. The second-order valence-electron chi connectivity index (χ2n) is 11.8. The third-order valence-electron chi connectivity index (χ3n) is 6.19. The molecule has 1 fully saturated rings. The van der Waals surface area contributed by atoms with E-state index < -0.39 is 28.9 Å². The lowest BCUT2D eigenvalue weighted by molar-refractivity contribution is -0.155. The number of amides is 2. The number of carbonyl (C=O) groups is 4.